The maximum Gasteiger partial charge on any atom is 0.273 e. The maximum absolute atomic E-state index is 13.1. The second-order valence-corrected chi connectivity index (χ2v) is 6.81. The van der Waals surface area contributed by atoms with Crippen LogP contribution in [0.4, 0.5) is 11.4 Å². The molecule has 1 aromatic carbocycles. The van der Waals surface area contributed by atoms with E-state index in [4.69, 9.17) is 9.47 Å². The highest BCUT2D eigenvalue weighted by molar-refractivity contribution is 6.24. The minimum Gasteiger partial charge on any atom is -0.494 e. The predicted octanol–water partition coefficient (Wildman–Crippen LogP) is 0.799. The van der Waals surface area contributed by atoms with Gasteiger partial charge in [0.05, 0.1) is 47.8 Å². The summed E-state index contributed by atoms with van der Waals surface area (Å²) in [6.07, 6.45) is 3.34. The Kier molecular flexibility index (Phi) is 3.28. The highest BCUT2D eigenvalue weighted by atomic mass is 16.6. The molecule has 26 heavy (non-hydrogen) atoms. The highest BCUT2D eigenvalue weighted by Crippen LogP contribution is 2.58. The fourth-order valence-electron chi connectivity index (χ4n) is 4.24. The number of aliphatic hydroxyl groups is 1. The molecule has 1 N–H and O–H groups in total. The van der Waals surface area contributed by atoms with E-state index in [2.05, 4.69) is 0 Å². The summed E-state index contributed by atoms with van der Waals surface area (Å²) < 4.78 is 11.0. The molecule has 3 aliphatic rings. The van der Waals surface area contributed by atoms with E-state index in [0.717, 1.165) is 11.0 Å². The number of ether oxygens (including phenoxy) is 2. The van der Waals surface area contributed by atoms with Gasteiger partial charge in [0.15, 0.2) is 0 Å². The van der Waals surface area contributed by atoms with Crippen molar-refractivity contribution in [1.29, 1.82) is 0 Å². The van der Waals surface area contributed by atoms with E-state index in [-0.39, 0.29) is 17.1 Å². The number of rotatable bonds is 4. The van der Waals surface area contributed by atoms with E-state index in [0.29, 0.717) is 0 Å². The molecule has 4 rings (SSSR count). The van der Waals surface area contributed by atoms with Crippen LogP contribution >= 0.6 is 0 Å². The van der Waals surface area contributed by atoms with Crippen LogP contribution < -0.4 is 9.64 Å². The van der Waals surface area contributed by atoms with E-state index in [9.17, 15) is 24.8 Å². The van der Waals surface area contributed by atoms with Crippen molar-refractivity contribution in [1.82, 2.24) is 0 Å². The van der Waals surface area contributed by atoms with Gasteiger partial charge in [-0.3, -0.25) is 19.7 Å². The normalized spacial score (nSPS) is 34.5. The molecule has 0 spiro atoms. The second kappa shape index (κ2) is 5.12. The van der Waals surface area contributed by atoms with Crippen LogP contribution in [0.25, 0.3) is 0 Å². The minimum atomic E-state index is -1.23. The van der Waals surface area contributed by atoms with Crippen molar-refractivity contribution >= 4 is 23.2 Å². The van der Waals surface area contributed by atoms with Crippen LogP contribution in [0.5, 0.6) is 5.75 Å². The zero-order valence-electron chi connectivity index (χ0n) is 14.0. The summed E-state index contributed by atoms with van der Waals surface area (Å²) in [4.78, 5) is 37.5. The predicted molar refractivity (Wildman–Crippen MR) is 87.6 cm³/mol. The van der Waals surface area contributed by atoms with Gasteiger partial charge in [-0.05, 0) is 13.0 Å². The Morgan fingerprint density at radius 2 is 2.00 bits per heavy atom. The summed E-state index contributed by atoms with van der Waals surface area (Å²) >= 11 is 0. The number of methoxy groups -OCH3 is 1. The van der Waals surface area contributed by atoms with E-state index >= 15 is 0 Å². The molecule has 4 atom stereocenters. The number of nitro groups is 1. The van der Waals surface area contributed by atoms with E-state index < -0.39 is 46.4 Å². The Labute approximate surface area is 147 Å². The van der Waals surface area contributed by atoms with Crippen molar-refractivity contribution in [3.8, 4) is 5.75 Å². The summed E-state index contributed by atoms with van der Waals surface area (Å²) in [6, 6.07) is 3.69. The Balaban J connectivity index is 1.81. The first-order valence-corrected chi connectivity index (χ1v) is 7.99. The lowest BCUT2D eigenvalue weighted by Gasteiger charge is -2.27. The lowest BCUT2D eigenvalue weighted by Crippen LogP contribution is -2.43. The number of amides is 2. The van der Waals surface area contributed by atoms with Gasteiger partial charge in [0.2, 0.25) is 11.8 Å². The van der Waals surface area contributed by atoms with Crippen molar-refractivity contribution in [2.45, 2.75) is 18.1 Å². The molecule has 3 aliphatic heterocycles. The molecule has 2 amide bonds. The molecule has 1 aromatic rings. The van der Waals surface area contributed by atoms with Gasteiger partial charge in [0.25, 0.3) is 5.69 Å². The summed E-state index contributed by atoms with van der Waals surface area (Å²) in [5, 5.41) is 20.8. The molecule has 9 heteroatoms. The lowest BCUT2D eigenvalue weighted by molar-refractivity contribution is -0.384. The van der Waals surface area contributed by atoms with Gasteiger partial charge in [0.1, 0.15) is 11.4 Å². The third-order valence-electron chi connectivity index (χ3n) is 5.42. The maximum atomic E-state index is 13.1. The molecule has 2 bridgehead atoms. The van der Waals surface area contributed by atoms with Crippen molar-refractivity contribution in [3.05, 3.63) is 40.5 Å². The van der Waals surface area contributed by atoms with Crippen molar-refractivity contribution in [2.24, 2.45) is 11.8 Å². The molecular formula is C17H16N2O7. The number of carbonyl (C=O) groups is 2. The average molecular weight is 360 g/mol. The van der Waals surface area contributed by atoms with Crippen LogP contribution in [0.1, 0.15) is 6.92 Å². The minimum absolute atomic E-state index is 0.0466. The molecule has 0 saturated carbocycles. The number of anilines is 1. The largest absolute Gasteiger partial charge is 0.494 e. The SMILES string of the molecule is COc1cc([N+](=O)[O-])ccc1N1C(=O)[C@@H]2[C@H](C1=O)[C@@]1(CO)C=C[C@@]2(C)O1. The molecule has 9 nitrogen and oxygen atoms in total. The molecule has 136 valence electrons. The zero-order chi connectivity index (χ0) is 18.9. The smallest absolute Gasteiger partial charge is 0.273 e. The summed E-state index contributed by atoms with van der Waals surface area (Å²) in [6.45, 7) is 1.28. The average Bonchev–Trinajstić information content (AvgIpc) is 3.20. The molecule has 0 radical (unpaired) electrons. The highest BCUT2D eigenvalue weighted by Gasteiger charge is 2.72. The van der Waals surface area contributed by atoms with Crippen LogP contribution in [0.3, 0.4) is 0 Å². The Bertz CT molecular complexity index is 882. The Morgan fingerprint density at radius 1 is 1.31 bits per heavy atom. The van der Waals surface area contributed by atoms with Gasteiger partial charge in [-0.1, -0.05) is 12.2 Å². The van der Waals surface area contributed by atoms with Crippen LogP contribution in [-0.2, 0) is 14.3 Å². The van der Waals surface area contributed by atoms with Crippen LogP contribution in [0.15, 0.2) is 30.4 Å². The zero-order valence-corrected chi connectivity index (χ0v) is 14.0. The molecule has 0 aliphatic carbocycles. The first-order valence-electron chi connectivity index (χ1n) is 7.99. The number of carbonyl (C=O) groups excluding carboxylic acids is 2. The van der Waals surface area contributed by atoms with Crippen LogP contribution in [-0.4, -0.2) is 46.8 Å². The monoisotopic (exact) mass is 360 g/mol. The summed E-state index contributed by atoms with van der Waals surface area (Å²) in [5.41, 5.74) is -2.29. The third-order valence-corrected chi connectivity index (χ3v) is 5.42. The number of benzene rings is 1. The number of aliphatic hydroxyl groups excluding tert-OH is 1. The number of imide groups is 1. The van der Waals surface area contributed by atoms with Crippen molar-refractivity contribution < 1.29 is 29.1 Å². The molecule has 3 heterocycles. The summed E-state index contributed by atoms with van der Waals surface area (Å²) in [7, 11) is 1.30. The van der Waals surface area contributed by atoms with Gasteiger partial charge in [0, 0.05) is 6.07 Å². The molecular weight excluding hydrogens is 344 g/mol. The van der Waals surface area contributed by atoms with Crippen LogP contribution in [0, 0.1) is 22.0 Å². The third kappa shape index (κ3) is 1.86. The second-order valence-electron chi connectivity index (χ2n) is 6.81. The van der Waals surface area contributed by atoms with Gasteiger partial charge >= 0.3 is 0 Å². The van der Waals surface area contributed by atoms with E-state index in [1.807, 2.05) is 0 Å². The molecule has 0 aromatic heterocycles. The van der Waals surface area contributed by atoms with E-state index in [1.165, 1.54) is 19.2 Å². The van der Waals surface area contributed by atoms with Crippen LogP contribution in [0.2, 0.25) is 0 Å². The first-order chi connectivity index (χ1) is 12.3. The fraction of sp³-hybridized carbons (Fsp3) is 0.412. The number of fused-ring (bicyclic) bond motifs is 5. The van der Waals surface area contributed by atoms with Gasteiger partial charge in [-0.2, -0.15) is 0 Å². The van der Waals surface area contributed by atoms with Crippen molar-refractivity contribution in [3.63, 3.8) is 0 Å². The Hall–Kier alpha value is -2.78. The topological polar surface area (TPSA) is 119 Å². The van der Waals surface area contributed by atoms with Gasteiger partial charge < -0.3 is 14.6 Å². The standard InChI is InChI=1S/C17H16N2O7/c1-16-5-6-17(8-20,26-16)13-12(16)14(21)18(15(13)22)10-4-3-9(19(23)24)7-11(10)25-2/h3-7,12-13,20H,8H2,1-2H3/t12-,13+,16+,17-/m0/s1. The summed E-state index contributed by atoms with van der Waals surface area (Å²) in [5.74, 6) is -2.57. The van der Waals surface area contributed by atoms with Gasteiger partial charge in [-0.15, -0.1) is 0 Å². The number of hydrogen-bond donors (Lipinski definition) is 1. The number of nitro benzene ring substituents is 1. The number of non-ortho nitro benzene ring substituents is 1. The molecule has 0 unspecified atom stereocenters. The molecule has 2 fully saturated rings. The van der Waals surface area contributed by atoms with Gasteiger partial charge in [-0.25, -0.2) is 4.90 Å². The molecule has 2 saturated heterocycles. The fourth-order valence-corrected chi connectivity index (χ4v) is 4.24. The van der Waals surface area contributed by atoms with E-state index in [1.54, 1.807) is 19.1 Å². The Morgan fingerprint density at radius 3 is 2.62 bits per heavy atom. The van der Waals surface area contributed by atoms with Crippen molar-refractivity contribution in [2.75, 3.05) is 18.6 Å². The quantitative estimate of drug-likeness (QED) is 0.365. The lowest BCUT2D eigenvalue weighted by atomic mass is 9.73. The first kappa shape index (κ1) is 16.7. The number of hydrogen-bond acceptors (Lipinski definition) is 7. The number of nitrogens with zero attached hydrogens (tertiary/aromatic N) is 2.